The Kier molecular flexibility index (Phi) is 6.28. The van der Waals surface area contributed by atoms with Gasteiger partial charge in [-0.05, 0) is 19.1 Å². The number of pyridine rings is 1. The lowest BCUT2D eigenvalue weighted by Gasteiger charge is -2.34. The molecule has 0 aliphatic carbocycles. The van der Waals surface area contributed by atoms with E-state index in [1.807, 2.05) is 0 Å². The highest BCUT2D eigenvalue weighted by Gasteiger charge is 2.44. The summed E-state index contributed by atoms with van der Waals surface area (Å²) in [4.78, 5) is 54.3. The summed E-state index contributed by atoms with van der Waals surface area (Å²) in [6.45, 7) is 2.48. The van der Waals surface area contributed by atoms with Crippen LogP contribution in [0.4, 0.5) is 15.4 Å². The van der Waals surface area contributed by atoms with Gasteiger partial charge in [-0.1, -0.05) is 23.2 Å². The van der Waals surface area contributed by atoms with Crippen LogP contribution in [0, 0.1) is 0 Å². The molecular weight excluding hydrogens is 463 g/mol. The molecule has 0 spiro atoms. The molecule has 13 heteroatoms. The van der Waals surface area contributed by atoms with Crippen molar-refractivity contribution < 1.29 is 23.9 Å². The molecule has 1 fully saturated rings. The number of anilines is 1. The number of hydrogen-bond acceptors (Lipinski definition) is 8. The largest absolute Gasteiger partial charge is 0.430 e. The number of halogens is 2. The van der Waals surface area contributed by atoms with E-state index < -0.39 is 29.9 Å². The lowest BCUT2D eigenvalue weighted by molar-refractivity contribution is 0.0383. The molecule has 0 saturated carbocycles. The van der Waals surface area contributed by atoms with E-state index in [4.69, 9.17) is 32.7 Å². The number of carbonyl (C=O) groups is 3. The number of rotatable bonds is 3. The topological polar surface area (TPSA) is 118 Å². The minimum absolute atomic E-state index is 0.0739. The molecule has 3 amide bonds. The quantitative estimate of drug-likeness (QED) is 0.615. The van der Waals surface area contributed by atoms with Gasteiger partial charge in [-0.15, -0.1) is 0 Å². The maximum atomic E-state index is 12.9. The van der Waals surface area contributed by atoms with Crippen LogP contribution in [0.2, 0.25) is 5.02 Å². The predicted molar refractivity (Wildman–Crippen MR) is 112 cm³/mol. The van der Waals surface area contributed by atoms with E-state index in [-0.39, 0.29) is 43.4 Å². The second-order valence-electron chi connectivity index (χ2n) is 6.94. The molecule has 168 valence electrons. The molecule has 2 aromatic heterocycles. The van der Waals surface area contributed by atoms with Crippen molar-refractivity contribution in [2.45, 2.75) is 18.7 Å². The Morgan fingerprint density at radius 3 is 2.34 bits per heavy atom. The molecule has 2 aliphatic heterocycles. The molecule has 4 heterocycles. The molecule has 4 rings (SSSR count). The fourth-order valence-electron chi connectivity index (χ4n) is 3.34. The van der Waals surface area contributed by atoms with Crippen molar-refractivity contribution in [2.75, 3.05) is 31.1 Å². The zero-order valence-corrected chi connectivity index (χ0v) is 18.4. The Morgan fingerprint density at radius 1 is 1.06 bits per heavy atom. The molecule has 0 N–H and O–H groups in total. The standard InChI is InChI=1S/C19H18Cl2N6O5/c1-11(20)31-18(29)25-6-8-26(9-7-25)19(30)32-17-15-14(22-4-5-23-15)16(28)27(17)13-3-2-12(21)10-24-13/h2-5,10-11,17H,6-9H2,1H3. The molecule has 11 nitrogen and oxygen atoms in total. The summed E-state index contributed by atoms with van der Waals surface area (Å²) in [5.74, 6) is -0.261. The van der Waals surface area contributed by atoms with Crippen LogP contribution in [0.1, 0.15) is 29.3 Å². The summed E-state index contributed by atoms with van der Waals surface area (Å²) < 4.78 is 10.6. The second-order valence-corrected chi connectivity index (χ2v) is 7.99. The summed E-state index contributed by atoms with van der Waals surface area (Å²) >= 11 is 11.6. The van der Waals surface area contributed by atoms with Crippen molar-refractivity contribution in [2.24, 2.45) is 0 Å². The molecule has 0 radical (unpaired) electrons. The number of nitrogens with zero attached hydrogens (tertiary/aromatic N) is 6. The fourth-order valence-corrected chi connectivity index (χ4v) is 3.52. The average molecular weight is 481 g/mol. The van der Waals surface area contributed by atoms with Gasteiger partial charge in [-0.25, -0.2) is 24.5 Å². The minimum atomic E-state index is -1.15. The third kappa shape index (κ3) is 4.39. The van der Waals surface area contributed by atoms with E-state index in [1.165, 1.54) is 46.3 Å². The van der Waals surface area contributed by atoms with Gasteiger partial charge in [0.2, 0.25) is 6.23 Å². The van der Waals surface area contributed by atoms with Gasteiger partial charge in [0.1, 0.15) is 11.5 Å². The van der Waals surface area contributed by atoms with Crippen LogP contribution in [0.5, 0.6) is 0 Å². The Hall–Kier alpha value is -3.18. The first-order valence-corrected chi connectivity index (χ1v) is 10.5. The van der Waals surface area contributed by atoms with Crippen molar-refractivity contribution in [3.05, 3.63) is 47.1 Å². The highest BCUT2D eigenvalue weighted by molar-refractivity contribution is 6.30. The average Bonchev–Trinajstić information content (AvgIpc) is 3.06. The number of amides is 3. The number of ether oxygens (including phenoxy) is 2. The summed E-state index contributed by atoms with van der Waals surface area (Å²) in [6.07, 6.45) is 1.81. The van der Waals surface area contributed by atoms with Crippen LogP contribution in [0.25, 0.3) is 0 Å². The number of piperazine rings is 1. The Morgan fingerprint density at radius 2 is 1.72 bits per heavy atom. The number of alkyl halides is 1. The van der Waals surface area contributed by atoms with E-state index in [2.05, 4.69) is 15.0 Å². The summed E-state index contributed by atoms with van der Waals surface area (Å²) in [6, 6.07) is 3.11. The third-order valence-electron chi connectivity index (χ3n) is 4.85. The monoisotopic (exact) mass is 480 g/mol. The van der Waals surface area contributed by atoms with Gasteiger partial charge in [0, 0.05) is 44.8 Å². The lowest BCUT2D eigenvalue weighted by Crippen LogP contribution is -2.51. The first-order chi connectivity index (χ1) is 15.3. The van der Waals surface area contributed by atoms with Gasteiger partial charge >= 0.3 is 12.2 Å². The molecule has 2 aromatic rings. The normalized spacial score (nSPS) is 18.9. The lowest BCUT2D eigenvalue weighted by atomic mass is 10.3. The fraction of sp³-hybridized carbons (Fsp3) is 0.368. The van der Waals surface area contributed by atoms with Crippen LogP contribution in [0.15, 0.2) is 30.7 Å². The Balaban J connectivity index is 1.49. The summed E-state index contributed by atoms with van der Waals surface area (Å²) in [5, 5.41) is 0.391. The van der Waals surface area contributed by atoms with E-state index in [0.717, 1.165) is 0 Å². The van der Waals surface area contributed by atoms with Crippen LogP contribution in [-0.4, -0.2) is 74.6 Å². The van der Waals surface area contributed by atoms with E-state index in [9.17, 15) is 14.4 Å². The predicted octanol–water partition coefficient (Wildman–Crippen LogP) is 2.66. The number of aromatic nitrogens is 3. The first-order valence-electron chi connectivity index (χ1n) is 9.66. The van der Waals surface area contributed by atoms with Crippen molar-refractivity contribution in [3.8, 4) is 0 Å². The summed E-state index contributed by atoms with van der Waals surface area (Å²) in [7, 11) is 0. The molecule has 32 heavy (non-hydrogen) atoms. The third-order valence-corrected chi connectivity index (χ3v) is 5.16. The Labute approximate surface area is 192 Å². The van der Waals surface area contributed by atoms with E-state index >= 15 is 0 Å². The highest BCUT2D eigenvalue weighted by atomic mass is 35.5. The molecule has 0 aromatic carbocycles. The first kappa shape index (κ1) is 22.0. The zero-order chi connectivity index (χ0) is 22.8. The van der Waals surface area contributed by atoms with Crippen molar-refractivity contribution in [3.63, 3.8) is 0 Å². The number of carbonyl (C=O) groups excluding carboxylic acids is 3. The Bertz CT molecular complexity index is 1030. The van der Waals surface area contributed by atoms with Crippen LogP contribution >= 0.6 is 23.2 Å². The van der Waals surface area contributed by atoms with Gasteiger partial charge in [0.05, 0.1) is 5.02 Å². The van der Waals surface area contributed by atoms with Crippen molar-refractivity contribution >= 4 is 47.1 Å². The van der Waals surface area contributed by atoms with Gasteiger partial charge in [0.15, 0.2) is 11.3 Å². The number of fused-ring (bicyclic) bond motifs is 1. The molecular formula is C19H18Cl2N6O5. The van der Waals surface area contributed by atoms with Gasteiger partial charge < -0.3 is 19.3 Å². The smallest absolute Gasteiger partial charge is 0.412 e. The van der Waals surface area contributed by atoms with Crippen molar-refractivity contribution in [1.82, 2.24) is 24.8 Å². The van der Waals surface area contributed by atoms with Crippen LogP contribution in [0.3, 0.4) is 0 Å². The van der Waals surface area contributed by atoms with Crippen molar-refractivity contribution in [1.29, 1.82) is 0 Å². The molecule has 1 saturated heterocycles. The second kappa shape index (κ2) is 9.13. The van der Waals surface area contributed by atoms with E-state index in [1.54, 1.807) is 6.07 Å². The molecule has 2 atom stereocenters. The number of hydrogen-bond donors (Lipinski definition) is 0. The zero-order valence-electron chi connectivity index (χ0n) is 16.9. The molecule has 0 bridgehead atoms. The molecule has 2 unspecified atom stereocenters. The SMILES string of the molecule is CC(Cl)OC(=O)N1CCN(C(=O)OC2c3nccnc3C(=O)N2c2ccc(Cl)cn2)CC1. The maximum Gasteiger partial charge on any atom is 0.412 e. The van der Waals surface area contributed by atoms with Crippen LogP contribution < -0.4 is 4.90 Å². The highest BCUT2D eigenvalue weighted by Crippen LogP contribution is 2.35. The van der Waals surface area contributed by atoms with Gasteiger partial charge in [-0.3, -0.25) is 9.78 Å². The van der Waals surface area contributed by atoms with E-state index in [0.29, 0.717) is 5.02 Å². The van der Waals surface area contributed by atoms with Gasteiger partial charge in [-0.2, -0.15) is 0 Å². The van der Waals surface area contributed by atoms with Crippen LogP contribution in [-0.2, 0) is 9.47 Å². The maximum absolute atomic E-state index is 12.9. The minimum Gasteiger partial charge on any atom is -0.430 e. The molecule has 2 aliphatic rings. The summed E-state index contributed by atoms with van der Waals surface area (Å²) in [5.41, 5.74) is -0.468. The van der Waals surface area contributed by atoms with Gasteiger partial charge in [0.25, 0.3) is 5.91 Å².